The highest BCUT2D eigenvalue weighted by atomic mass is 35.5. The second-order valence-electron chi connectivity index (χ2n) is 11.9. The van der Waals surface area contributed by atoms with Gasteiger partial charge in [-0.1, -0.05) is 11.6 Å². The van der Waals surface area contributed by atoms with E-state index in [-0.39, 0.29) is 34.7 Å². The van der Waals surface area contributed by atoms with E-state index >= 15 is 0 Å². The number of likely N-dealkylation sites (N-methyl/N-ethyl adjacent to an activating group) is 1. The number of aliphatic hydroxyl groups excluding tert-OH is 2. The molecule has 47 heavy (non-hydrogen) atoms. The molecular weight excluding hydrogens is 642 g/mol. The number of nitro groups is 1. The van der Waals surface area contributed by atoms with Gasteiger partial charge in [-0.25, -0.2) is 4.79 Å². The molecule has 248 valence electrons. The number of phenols is 1. The molecule has 16 nitrogen and oxygen atoms in total. The molecule has 0 aliphatic heterocycles. The van der Waals surface area contributed by atoms with Crippen LogP contribution in [-0.4, -0.2) is 93.6 Å². The summed E-state index contributed by atoms with van der Waals surface area (Å²) >= 11 is 5.82. The predicted molar refractivity (Wildman–Crippen MR) is 166 cm³/mol. The van der Waals surface area contributed by atoms with E-state index in [1.165, 1.54) is 31.1 Å². The summed E-state index contributed by atoms with van der Waals surface area (Å²) in [4.78, 5) is 66.1. The number of nitro benzene ring substituents is 1. The molecule has 1 fully saturated rings. The van der Waals surface area contributed by atoms with Gasteiger partial charge in [-0.05, 0) is 56.6 Å². The zero-order chi connectivity index (χ0) is 34.9. The molecule has 2 aromatic rings. The Hall–Kier alpha value is -5.19. The Morgan fingerprint density at radius 3 is 2.38 bits per heavy atom. The van der Waals surface area contributed by atoms with E-state index in [1.54, 1.807) is 19.0 Å². The molecule has 17 heteroatoms. The number of aromatic hydroxyl groups is 1. The number of benzene rings is 2. The number of hydrogen-bond acceptors (Lipinski definition) is 13. The summed E-state index contributed by atoms with van der Waals surface area (Å²) in [6, 6.07) is 3.48. The predicted octanol–water partition coefficient (Wildman–Crippen LogP) is 2.20. The standard InChI is InChI=1S/C30H30ClN5O11/c1-34(2)16-10-15(33-29(43)47-18-6-5-12(31)9-17(18)36(45)46)23(37)20-13(16)7-11-8-14-22(35(3)4)25(39)21(28(32)42)27(41)30(14,44)26(40)19(11)24(20)38/h5-6,9-11,14,22,37-38,41,44H,7-8H2,1-4H3,(H2,32,42)(H,33,43)/t11-,14-,22-,30-/m1/s1. The first-order valence-corrected chi connectivity index (χ1v) is 14.4. The molecule has 2 amide bonds. The average Bonchev–Trinajstić information content (AvgIpc) is 2.96. The minimum absolute atomic E-state index is 0.0112. The number of nitrogens with one attached hydrogen (secondary N) is 1. The number of amides is 2. The molecule has 0 bridgehead atoms. The van der Waals surface area contributed by atoms with Gasteiger partial charge in [0.2, 0.25) is 11.5 Å². The molecule has 0 aromatic heterocycles. The third-order valence-electron chi connectivity index (χ3n) is 8.74. The highest BCUT2D eigenvalue weighted by molar-refractivity contribution is 6.30. The highest BCUT2D eigenvalue weighted by Crippen LogP contribution is 2.54. The quantitative estimate of drug-likeness (QED) is 0.112. The third kappa shape index (κ3) is 5.10. The SMILES string of the molecule is CN(C)c1cc(NC(=O)Oc2ccc(Cl)cc2[N+](=O)[O-])c(O)c2c1C[C@@H]1C[C@@H]3[C@@H](N(C)C)C(=O)C(C(N)=O)=C(O)[C@]3(O)C(=O)C1=C2O. The maximum absolute atomic E-state index is 14.1. The Balaban J connectivity index is 1.62. The molecule has 4 atom stereocenters. The topological polar surface area (TPSA) is 246 Å². The van der Waals surface area contributed by atoms with E-state index in [1.807, 2.05) is 0 Å². The molecule has 5 rings (SSSR count). The van der Waals surface area contributed by atoms with Crippen LogP contribution in [0.25, 0.3) is 5.76 Å². The summed E-state index contributed by atoms with van der Waals surface area (Å²) in [7, 11) is 6.28. The highest BCUT2D eigenvalue weighted by Gasteiger charge is 2.64. The Bertz CT molecular complexity index is 1850. The van der Waals surface area contributed by atoms with Crippen LogP contribution in [0.5, 0.6) is 11.5 Å². The van der Waals surface area contributed by atoms with Gasteiger partial charge in [0.05, 0.1) is 22.2 Å². The monoisotopic (exact) mass is 671 g/mol. The number of aliphatic hydroxyl groups is 3. The van der Waals surface area contributed by atoms with Gasteiger partial charge in [0, 0.05) is 42.4 Å². The Kier molecular flexibility index (Phi) is 8.16. The minimum Gasteiger partial charge on any atom is -0.508 e. The van der Waals surface area contributed by atoms with Crippen molar-refractivity contribution < 1.29 is 49.3 Å². The largest absolute Gasteiger partial charge is 0.508 e. The van der Waals surface area contributed by atoms with Crippen molar-refractivity contribution >= 4 is 58.0 Å². The number of Topliss-reactive ketones (excluding diaryl/α,β-unsaturated/α-hetero) is 2. The number of carbonyl (C=O) groups is 4. The summed E-state index contributed by atoms with van der Waals surface area (Å²) in [5, 5.41) is 59.5. The number of nitrogens with two attached hydrogens (primary N) is 1. The van der Waals surface area contributed by atoms with E-state index in [4.69, 9.17) is 22.1 Å². The van der Waals surface area contributed by atoms with Crippen molar-refractivity contribution in [3.05, 3.63) is 67.4 Å². The zero-order valence-electron chi connectivity index (χ0n) is 25.4. The Morgan fingerprint density at radius 1 is 1.15 bits per heavy atom. The lowest BCUT2D eigenvalue weighted by Crippen LogP contribution is -2.65. The molecule has 0 spiro atoms. The number of hydrogen-bond donors (Lipinski definition) is 6. The van der Waals surface area contributed by atoms with Crippen LogP contribution in [0.4, 0.5) is 21.9 Å². The van der Waals surface area contributed by atoms with Crippen LogP contribution in [0.15, 0.2) is 41.2 Å². The molecule has 0 unspecified atom stereocenters. The van der Waals surface area contributed by atoms with Crippen molar-refractivity contribution in [1.29, 1.82) is 0 Å². The molecule has 1 saturated carbocycles. The van der Waals surface area contributed by atoms with Crippen LogP contribution >= 0.6 is 11.6 Å². The summed E-state index contributed by atoms with van der Waals surface area (Å²) in [6.45, 7) is 0. The van der Waals surface area contributed by atoms with Crippen molar-refractivity contribution in [2.75, 3.05) is 38.4 Å². The van der Waals surface area contributed by atoms with Crippen LogP contribution in [-0.2, 0) is 20.8 Å². The molecule has 7 N–H and O–H groups in total. The fraction of sp³-hybridized carbons (Fsp3) is 0.333. The van der Waals surface area contributed by atoms with Gasteiger partial charge in [-0.15, -0.1) is 0 Å². The molecule has 3 aliphatic carbocycles. The lowest BCUT2D eigenvalue weighted by atomic mass is 9.57. The number of phenolic OH excluding ortho intramolecular Hbond substituents is 1. The van der Waals surface area contributed by atoms with Crippen molar-refractivity contribution in [2.45, 2.75) is 24.5 Å². The lowest BCUT2D eigenvalue weighted by Gasteiger charge is -2.50. The smallest absolute Gasteiger partial charge is 0.417 e. The maximum atomic E-state index is 14.1. The van der Waals surface area contributed by atoms with E-state index < -0.39 is 86.2 Å². The van der Waals surface area contributed by atoms with Crippen molar-refractivity contribution in [3.63, 3.8) is 0 Å². The van der Waals surface area contributed by atoms with E-state index in [0.29, 0.717) is 11.3 Å². The number of carbonyl (C=O) groups excluding carboxylic acids is 4. The summed E-state index contributed by atoms with van der Waals surface area (Å²) < 4.78 is 5.11. The van der Waals surface area contributed by atoms with Gasteiger partial charge in [-0.3, -0.25) is 34.7 Å². The van der Waals surface area contributed by atoms with Crippen molar-refractivity contribution in [2.24, 2.45) is 17.6 Å². The zero-order valence-corrected chi connectivity index (χ0v) is 26.2. The number of anilines is 2. The number of ketones is 2. The number of ether oxygens (including phenoxy) is 1. The van der Waals surface area contributed by atoms with Gasteiger partial charge < -0.3 is 35.8 Å². The Morgan fingerprint density at radius 2 is 1.81 bits per heavy atom. The number of halogens is 1. The van der Waals surface area contributed by atoms with Crippen LogP contribution in [0.2, 0.25) is 5.02 Å². The molecule has 0 heterocycles. The van der Waals surface area contributed by atoms with E-state index in [0.717, 1.165) is 12.1 Å². The van der Waals surface area contributed by atoms with Gasteiger partial charge in [-0.2, -0.15) is 0 Å². The fourth-order valence-electron chi connectivity index (χ4n) is 6.74. The van der Waals surface area contributed by atoms with Gasteiger partial charge in [0.25, 0.3) is 5.91 Å². The molecule has 0 saturated heterocycles. The number of primary amides is 1. The van der Waals surface area contributed by atoms with Crippen molar-refractivity contribution in [1.82, 2.24) is 4.90 Å². The van der Waals surface area contributed by atoms with Crippen molar-refractivity contribution in [3.8, 4) is 11.5 Å². The molecule has 3 aliphatic rings. The number of fused-ring (bicyclic) bond motifs is 3. The summed E-state index contributed by atoms with van der Waals surface area (Å²) in [6.07, 6.45) is -1.35. The van der Waals surface area contributed by atoms with Crippen LogP contribution in [0.1, 0.15) is 17.5 Å². The second kappa shape index (κ2) is 11.6. The van der Waals surface area contributed by atoms with E-state index in [2.05, 4.69) is 5.32 Å². The summed E-state index contributed by atoms with van der Waals surface area (Å²) in [5.74, 6) is -8.63. The first-order chi connectivity index (χ1) is 21.9. The maximum Gasteiger partial charge on any atom is 0.417 e. The molecule has 0 radical (unpaired) electrons. The average molecular weight is 672 g/mol. The first-order valence-electron chi connectivity index (χ1n) is 14.0. The minimum atomic E-state index is -2.82. The number of nitrogens with zero attached hydrogens (tertiary/aromatic N) is 3. The van der Waals surface area contributed by atoms with Gasteiger partial charge >= 0.3 is 11.8 Å². The van der Waals surface area contributed by atoms with E-state index in [9.17, 15) is 49.7 Å². The summed E-state index contributed by atoms with van der Waals surface area (Å²) in [5.41, 5.74) is 0.762. The fourth-order valence-corrected chi connectivity index (χ4v) is 6.91. The normalized spacial score (nSPS) is 23.6. The van der Waals surface area contributed by atoms with Gasteiger partial charge in [0.1, 0.15) is 17.1 Å². The Labute approximate surface area is 271 Å². The molecular formula is C30H30ClN5O11. The molecule has 2 aromatic carbocycles. The van der Waals surface area contributed by atoms with Crippen LogP contribution in [0, 0.1) is 22.0 Å². The van der Waals surface area contributed by atoms with Crippen LogP contribution < -0.4 is 20.7 Å². The third-order valence-corrected chi connectivity index (χ3v) is 8.97. The lowest BCUT2D eigenvalue weighted by molar-refractivity contribution is -0.385. The first kappa shape index (κ1) is 33.2. The number of rotatable bonds is 6. The second-order valence-corrected chi connectivity index (χ2v) is 12.3. The van der Waals surface area contributed by atoms with Crippen LogP contribution in [0.3, 0.4) is 0 Å². The van der Waals surface area contributed by atoms with Gasteiger partial charge in [0.15, 0.2) is 17.1 Å².